The molecule has 0 amide bonds. The van der Waals surface area contributed by atoms with Crippen molar-refractivity contribution in [2.45, 2.75) is 13.8 Å². The Morgan fingerprint density at radius 1 is 1.21 bits per heavy atom. The maximum Gasteiger partial charge on any atom is 0.159 e. The molecule has 2 aromatic rings. The molecule has 0 aliphatic carbocycles. The van der Waals surface area contributed by atoms with E-state index in [-0.39, 0.29) is 0 Å². The van der Waals surface area contributed by atoms with Crippen LogP contribution in [0.3, 0.4) is 0 Å². The Bertz CT molecular complexity index is 712. The van der Waals surface area contributed by atoms with Gasteiger partial charge in [-0.05, 0) is 31.2 Å². The molecule has 0 spiro atoms. The predicted octanol–water partition coefficient (Wildman–Crippen LogP) is 2.91. The molecular formula is C17H23ClN6. The standard InChI is InChI=1S/C17H23ClN6/c1-3-23-7-9-24(10-8-23)17-15(19)16(20-11-21-17)22-14-6-4-5-13(18)12(14)2/h4-6,11H,3,7-10,19H2,1-2H3,(H,20,21,22). The summed E-state index contributed by atoms with van der Waals surface area (Å²) in [6, 6.07) is 5.73. The Hall–Kier alpha value is -2.05. The zero-order valence-electron chi connectivity index (χ0n) is 14.1. The third-order valence-electron chi connectivity index (χ3n) is 4.50. The van der Waals surface area contributed by atoms with Gasteiger partial charge < -0.3 is 20.9 Å². The largest absolute Gasteiger partial charge is 0.393 e. The van der Waals surface area contributed by atoms with Crippen molar-refractivity contribution in [3.8, 4) is 0 Å². The quantitative estimate of drug-likeness (QED) is 0.887. The topological polar surface area (TPSA) is 70.3 Å². The summed E-state index contributed by atoms with van der Waals surface area (Å²) in [6.07, 6.45) is 1.56. The molecule has 2 heterocycles. The molecule has 3 N–H and O–H groups in total. The average Bonchev–Trinajstić information content (AvgIpc) is 2.61. The Labute approximate surface area is 147 Å². The normalized spacial score (nSPS) is 15.5. The van der Waals surface area contributed by atoms with E-state index in [9.17, 15) is 0 Å². The monoisotopic (exact) mass is 346 g/mol. The van der Waals surface area contributed by atoms with E-state index in [0.29, 0.717) is 16.5 Å². The number of benzene rings is 1. The minimum atomic E-state index is 0.571. The summed E-state index contributed by atoms with van der Waals surface area (Å²) >= 11 is 6.18. The van der Waals surface area contributed by atoms with Crippen LogP contribution in [0, 0.1) is 6.92 Å². The highest BCUT2D eigenvalue weighted by Gasteiger charge is 2.20. The van der Waals surface area contributed by atoms with Crippen LogP contribution in [0.15, 0.2) is 24.5 Å². The zero-order chi connectivity index (χ0) is 17.1. The summed E-state index contributed by atoms with van der Waals surface area (Å²) in [5, 5.41) is 3.99. The molecule has 1 aromatic carbocycles. The molecule has 24 heavy (non-hydrogen) atoms. The predicted molar refractivity (Wildman–Crippen MR) is 100 cm³/mol. The Morgan fingerprint density at radius 2 is 1.96 bits per heavy atom. The van der Waals surface area contributed by atoms with Gasteiger partial charge in [-0.25, -0.2) is 9.97 Å². The first-order valence-electron chi connectivity index (χ1n) is 8.20. The van der Waals surface area contributed by atoms with Gasteiger partial charge in [0.15, 0.2) is 11.6 Å². The number of piperazine rings is 1. The second-order valence-electron chi connectivity index (χ2n) is 5.92. The number of nitrogens with two attached hydrogens (primary N) is 1. The van der Waals surface area contributed by atoms with E-state index < -0.39 is 0 Å². The second-order valence-corrected chi connectivity index (χ2v) is 6.33. The van der Waals surface area contributed by atoms with Crippen molar-refractivity contribution >= 4 is 34.6 Å². The van der Waals surface area contributed by atoms with Crippen molar-refractivity contribution in [3.05, 3.63) is 35.1 Å². The third kappa shape index (κ3) is 3.39. The number of anilines is 4. The van der Waals surface area contributed by atoms with Crippen LogP contribution in [0.5, 0.6) is 0 Å². The highest BCUT2D eigenvalue weighted by atomic mass is 35.5. The van der Waals surface area contributed by atoms with Gasteiger partial charge in [0.2, 0.25) is 0 Å². The molecule has 1 aromatic heterocycles. The summed E-state index contributed by atoms with van der Waals surface area (Å²) in [7, 11) is 0. The van der Waals surface area contributed by atoms with Crippen molar-refractivity contribution in [3.63, 3.8) is 0 Å². The maximum absolute atomic E-state index is 6.34. The first-order chi connectivity index (χ1) is 11.6. The molecule has 1 fully saturated rings. The Morgan fingerprint density at radius 3 is 2.67 bits per heavy atom. The third-order valence-corrected chi connectivity index (χ3v) is 4.91. The summed E-state index contributed by atoms with van der Waals surface area (Å²) in [5.74, 6) is 1.41. The number of hydrogen-bond donors (Lipinski definition) is 2. The van der Waals surface area contributed by atoms with E-state index in [1.54, 1.807) is 6.33 Å². The van der Waals surface area contributed by atoms with Gasteiger partial charge in [0, 0.05) is 36.9 Å². The van der Waals surface area contributed by atoms with Gasteiger partial charge in [-0.2, -0.15) is 0 Å². The number of rotatable bonds is 4. The summed E-state index contributed by atoms with van der Waals surface area (Å²) < 4.78 is 0. The minimum absolute atomic E-state index is 0.571. The molecule has 128 valence electrons. The number of nitrogen functional groups attached to an aromatic ring is 1. The first kappa shape index (κ1) is 16.8. The van der Waals surface area contributed by atoms with Crippen LogP contribution in [-0.4, -0.2) is 47.6 Å². The molecule has 7 heteroatoms. The molecular weight excluding hydrogens is 324 g/mol. The van der Waals surface area contributed by atoms with Gasteiger partial charge in [-0.3, -0.25) is 0 Å². The van der Waals surface area contributed by atoms with Crippen LogP contribution in [0.2, 0.25) is 5.02 Å². The molecule has 0 atom stereocenters. The molecule has 0 bridgehead atoms. The molecule has 0 saturated carbocycles. The highest BCUT2D eigenvalue weighted by molar-refractivity contribution is 6.31. The number of likely N-dealkylation sites (N-methyl/N-ethyl adjacent to an activating group) is 1. The van der Waals surface area contributed by atoms with E-state index >= 15 is 0 Å². The Kier molecular flexibility index (Phi) is 5.06. The highest BCUT2D eigenvalue weighted by Crippen LogP contribution is 2.31. The zero-order valence-corrected chi connectivity index (χ0v) is 14.8. The fraction of sp³-hybridized carbons (Fsp3) is 0.412. The second kappa shape index (κ2) is 7.23. The van der Waals surface area contributed by atoms with Gasteiger partial charge in [0.05, 0.1) is 0 Å². The van der Waals surface area contributed by atoms with Gasteiger partial charge in [-0.1, -0.05) is 24.6 Å². The van der Waals surface area contributed by atoms with Crippen molar-refractivity contribution in [2.75, 3.05) is 48.7 Å². The Balaban J connectivity index is 1.82. The van der Waals surface area contributed by atoms with Crippen LogP contribution in [0.4, 0.5) is 23.0 Å². The van der Waals surface area contributed by atoms with E-state index in [1.807, 2.05) is 25.1 Å². The smallest absolute Gasteiger partial charge is 0.159 e. The van der Waals surface area contributed by atoms with Crippen LogP contribution < -0.4 is 16.0 Å². The van der Waals surface area contributed by atoms with Gasteiger partial charge in [-0.15, -0.1) is 0 Å². The summed E-state index contributed by atoms with van der Waals surface area (Å²) in [6.45, 7) is 9.12. The van der Waals surface area contributed by atoms with Gasteiger partial charge >= 0.3 is 0 Å². The summed E-state index contributed by atoms with van der Waals surface area (Å²) in [4.78, 5) is 13.3. The van der Waals surface area contributed by atoms with E-state index in [1.165, 1.54) is 0 Å². The van der Waals surface area contributed by atoms with Crippen LogP contribution in [0.25, 0.3) is 0 Å². The van der Waals surface area contributed by atoms with Crippen LogP contribution >= 0.6 is 11.6 Å². The lowest BCUT2D eigenvalue weighted by Crippen LogP contribution is -2.46. The van der Waals surface area contributed by atoms with Gasteiger partial charge in [0.1, 0.15) is 12.0 Å². The number of aromatic nitrogens is 2. The lowest BCUT2D eigenvalue weighted by atomic mass is 10.2. The SMILES string of the molecule is CCN1CCN(c2ncnc(Nc3cccc(Cl)c3C)c2N)CC1. The van der Waals surface area contributed by atoms with E-state index in [0.717, 1.165) is 49.8 Å². The van der Waals surface area contributed by atoms with Crippen molar-refractivity contribution in [1.82, 2.24) is 14.9 Å². The van der Waals surface area contributed by atoms with Gasteiger partial charge in [0.25, 0.3) is 0 Å². The number of halogens is 1. The maximum atomic E-state index is 6.34. The van der Waals surface area contributed by atoms with E-state index in [4.69, 9.17) is 17.3 Å². The number of nitrogens with zero attached hydrogens (tertiary/aromatic N) is 4. The van der Waals surface area contributed by atoms with Crippen molar-refractivity contribution < 1.29 is 0 Å². The molecule has 0 unspecified atom stereocenters. The lowest BCUT2D eigenvalue weighted by molar-refractivity contribution is 0.270. The van der Waals surface area contributed by atoms with E-state index in [2.05, 4.69) is 32.0 Å². The molecule has 1 aliphatic rings. The lowest BCUT2D eigenvalue weighted by Gasteiger charge is -2.35. The average molecular weight is 347 g/mol. The molecule has 1 aliphatic heterocycles. The number of hydrogen-bond acceptors (Lipinski definition) is 6. The molecule has 1 saturated heterocycles. The molecule has 0 radical (unpaired) electrons. The van der Waals surface area contributed by atoms with Crippen molar-refractivity contribution in [1.29, 1.82) is 0 Å². The molecule has 3 rings (SSSR count). The molecule has 6 nitrogen and oxygen atoms in total. The fourth-order valence-corrected chi connectivity index (χ4v) is 3.06. The summed E-state index contributed by atoms with van der Waals surface area (Å²) in [5.41, 5.74) is 8.78. The minimum Gasteiger partial charge on any atom is -0.393 e. The number of nitrogens with one attached hydrogen (secondary N) is 1. The fourth-order valence-electron chi connectivity index (χ4n) is 2.88. The van der Waals surface area contributed by atoms with Crippen LogP contribution in [0.1, 0.15) is 12.5 Å². The van der Waals surface area contributed by atoms with Crippen LogP contribution in [-0.2, 0) is 0 Å². The first-order valence-corrected chi connectivity index (χ1v) is 8.58. The van der Waals surface area contributed by atoms with Crippen molar-refractivity contribution in [2.24, 2.45) is 0 Å².